The zero-order valence-electron chi connectivity index (χ0n) is 17.8. The maximum atomic E-state index is 12.8. The van der Waals surface area contributed by atoms with Gasteiger partial charge in [-0.15, -0.1) is 0 Å². The molecule has 1 saturated carbocycles. The second-order valence-corrected chi connectivity index (χ2v) is 7.91. The molecule has 1 aromatic rings. The normalized spacial score (nSPS) is 16.1. The van der Waals surface area contributed by atoms with E-state index in [2.05, 4.69) is 10.6 Å². The standard InChI is InChI=1S/C23H34N2O4/c1-4-16(3)21(25-20(26)15-10-17-8-6-7-9-17)22(27)24-19-13-11-18(12-14-19)23(28)29-5-2/h11-14,16-17,21H,4-10,15H2,1-3H3,(H,24,27)(H,25,26). The molecule has 1 aliphatic rings. The lowest BCUT2D eigenvalue weighted by atomic mass is 9.97. The van der Waals surface area contributed by atoms with Crippen LogP contribution < -0.4 is 10.6 Å². The van der Waals surface area contributed by atoms with Crippen LogP contribution in [-0.4, -0.2) is 30.4 Å². The molecule has 29 heavy (non-hydrogen) atoms. The first-order valence-electron chi connectivity index (χ1n) is 10.8. The van der Waals surface area contributed by atoms with Gasteiger partial charge in [0, 0.05) is 12.1 Å². The van der Waals surface area contributed by atoms with Crippen LogP contribution in [0.3, 0.4) is 0 Å². The Kier molecular flexibility index (Phi) is 9.16. The molecule has 0 heterocycles. The van der Waals surface area contributed by atoms with Gasteiger partial charge in [0.1, 0.15) is 6.04 Å². The van der Waals surface area contributed by atoms with Crippen molar-refractivity contribution < 1.29 is 19.1 Å². The fourth-order valence-corrected chi connectivity index (χ4v) is 3.71. The Morgan fingerprint density at radius 3 is 2.34 bits per heavy atom. The average Bonchev–Trinajstić information content (AvgIpc) is 3.24. The third kappa shape index (κ3) is 7.18. The third-order valence-corrected chi connectivity index (χ3v) is 5.73. The van der Waals surface area contributed by atoms with Crippen molar-refractivity contribution in [2.45, 2.75) is 71.8 Å². The van der Waals surface area contributed by atoms with Gasteiger partial charge in [-0.3, -0.25) is 9.59 Å². The number of ether oxygens (including phenoxy) is 1. The number of amides is 2. The first kappa shape index (κ1) is 22.9. The lowest BCUT2D eigenvalue weighted by molar-refractivity contribution is -0.127. The Balaban J connectivity index is 1.93. The lowest BCUT2D eigenvalue weighted by Gasteiger charge is -2.24. The van der Waals surface area contributed by atoms with Crippen LogP contribution in [-0.2, 0) is 14.3 Å². The van der Waals surface area contributed by atoms with Crippen molar-refractivity contribution in [3.05, 3.63) is 29.8 Å². The minimum Gasteiger partial charge on any atom is -0.462 e. The summed E-state index contributed by atoms with van der Waals surface area (Å²) in [4.78, 5) is 37.0. The van der Waals surface area contributed by atoms with Gasteiger partial charge in [0.15, 0.2) is 0 Å². The highest BCUT2D eigenvalue weighted by molar-refractivity contribution is 5.98. The van der Waals surface area contributed by atoms with Gasteiger partial charge in [-0.05, 0) is 49.4 Å². The van der Waals surface area contributed by atoms with E-state index in [4.69, 9.17) is 4.74 Å². The zero-order chi connectivity index (χ0) is 21.2. The number of anilines is 1. The summed E-state index contributed by atoms with van der Waals surface area (Å²) in [7, 11) is 0. The third-order valence-electron chi connectivity index (χ3n) is 5.73. The number of benzene rings is 1. The molecule has 6 nitrogen and oxygen atoms in total. The van der Waals surface area contributed by atoms with Crippen LogP contribution in [0.5, 0.6) is 0 Å². The molecular formula is C23H34N2O4. The maximum Gasteiger partial charge on any atom is 0.338 e. The molecule has 2 rings (SSSR count). The fourth-order valence-electron chi connectivity index (χ4n) is 3.71. The van der Waals surface area contributed by atoms with Crippen molar-refractivity contribution in [2.24, 2.45) is 11.8 Å². The monoisotopic (exact) mass is 402 g/mol. The molecule has 2 amide bonds. The van der Waals surface area contributed by atoms with Crippen molar-refractivity contribution in [3.63, 3.8) is 0 Å². The smallest absolute Gasteiger partial charge is 0.338 e. The van der Waals surface area contributed by atoms with E-state index in [-0.39, 0.29) is 17.7 Å². The Morgan fingerprint density at radius 1 is 1.10 bits per heavy atom. The molecule has 0 aliphatic heterocycles. The average molecular weight is 403 g/mol. The van der Waals surface area contributed by atoms with Gasteiger partial charge in [0.25, 0.3) is 0 Å². The fraction of sp³-hybridized carbons (Fsp3) is 0.609. The largest absolute Gasteiger partial charge is 0.462 e. The van der Waals surface area contributed by atoms with E-state index in [1.54, 1.807) is 31.2 Å². The maximum absolute atomic E-state index is 12.8. The van der Waals surface area contributed by atoms with E-state index >= 15 is 0 Å². The molecule has 2 unspecified atom stereocenters. The van der Waals surface area contributed by atoms with E-state index in [0.29, 0.717) is 30.2 Å². The Labute approximate surface area is 173 Å². The highest BCUT2D eigenvalue weighted by Gasteiger charge is 2.26. The van der Waals surface area contributed by atoms with Crippen LogP contribution in [0.25, 0.3) is 0 Å². The number of carbonyl (C=O) groups is 3. The second kappa shape index (κ2) is 11.6. The lowest BCUT2D eigenvalue weighted by Crippen LogP contribution is -2.47. The minimum absolute atomic E-state index is 0.0178. The highest BCUT2D eigenvalue weighted by atomic mass is 16.5. The van der Waals surface area contributed by atoms with E-state index < -0.39 is 12.0 Å². The van der Waals surface area contributed by atoms with Gasteiger partial charge in [0.2, 0.25) is 11.8 Å². The SMILES string of the molecule is CCOC(=O)c1ccc(NC(=O)C(NC(=O)CCC2CCCC2)C(C)CC)cc1. The van der Waals surface area contributed by atoms with E-state index in [9.17, 15) is 14.4 Å². The number of nitrogens with one attached hydrogen (secondary N) is 2. The molecule has 0 aromatic heterocycles. The molecule has 6 heteroatoms. The molecule has 0 radical (unpaired) electrons. The van der Waals surface area contributed by atoms with E-state index in [1.807, 2.05) is 13.8 Å². The van der Waals surface area contributed by atoms with Crippen LogP contribution in [0.15, 0.2) is 24.3 Å². The van der Waals surface area contributed by atoms with Gasteiger partial charge in [-0.1, -0.05) is 46.0 Å². The van der Waals surface area contributed by atoms with E-state index in [0.717, 1.165) is 12.8 Å². The summed E-state index contributed by atoms with van der Waals surface area (Å²) in [6.45, 7) is 6.03. The number of rotatable bonds is 10. The molecular weight excluding hydrogens is 368 g/mol. The zero-order valence-corrected chi connectivity index (χ0v) is 17.8. The predicted octanol–water partition coefficient (Wildman–Crippen LogP) is 4.30. The predicted molar refractivity (Wildman–Crippen MR) is 114 cm³/mol. The molecule has 1 fully saturated rings. The van der Waals surface area contributed by atoms with Crippen molar-refractivity contribution in [3.8, 4) is 0 Å². The summed E-state index contributed by atoms with van der Waals surface area (Å²) in [5.74, 6) is -0.0244. The number of hydrogen-bond donors (Lipinski definition) is 2. The number of esters is 1. The summed E-state index contributed by atoms with van der Waals surface area (Å²) in [5, 5.41) is 5.79. The van der Waals surface area contributed by atoms with Gasteiger partial charge >= 0.3 is 5.97 Å². The van der Waals surface area contributed by atoms with Crippen LogP contribution >= 0.6 is 0 Å². The highest BCUT2D eigenvalue weighted by Crippen LogP contribution is 2.28. The van der Waals surface area contributed by atoms with Crippen LogP contribution in [0.4, 0.5) is 5.69 Å². The summed E-state index contributed by atoms with van der Waals surface area (Å²) >= 11 is 0. The molecule has 0 spiro atoms. The van der Waals surface area contributed by atoms with Crippen LogP contribution in [0.2, 0.25) is 0 Å². The summed E-state index contributed by atoms with van der Waals surface area (Å²) in [5.41, 5.74) is 1.01. The molecule has 0 bridgehead atoms. The molecule has 1 aliphatic carbocycles. The molecule has 160 valence electrons. The molecule has 2 atom stereocenters. The first-order chi connectivity index (χ1) is 13.9. The quantitative estimate of drug-likeness (QED) is 0.571. The molecule has 0 saturated heterocycles. The first-order valence-corrected chi connectivity index (χ1v) is 10.8. The summed E-state index contributed by atoms with van der Waals surface area (Å²) in [6.07, 6.45) is 7.10. The Morgan fingerprint density at radius 2 is 1.76 bits per heavy atom. The van der Waals surface area contributed by atoms with Gasteiger partial charge < -0.3 is 15.4 Å². The van der Waals surface area contributed by atoms with Crippen LogP contribution in [0, 0.1) is 11.8 Å². The summed E-state index contributed by atoms with van der Waals surface area (Å²) < 4.78 is 4.96. The van der Waals surface area contributed by atoms with Crippen molar-refractivity contribution in [2.75, 3.05) is 11.9 Å². The Bertz CT molecular complexity index is 681. The molecule has 1 aromatic carbocycles. The van der Waals surface area contributed by atoms with Gasteiger partial charge in [-0.25, -0.2) is 4.79 Å². The number of carbonyl (C=O) groups excluding carboxylic acids is 3. The Hall–Kier alpha value is -2.37. The van der Waals surface area contributed by atoms with E-state index in [1.165, 1.54) is 25.7 Å². The minimum atomic E-state index is -0.583. The van der Waals surface area contributed by atoms with Crippen molar-refractivity contribution in [1.82, 2.24) is 5.32 Å². The topological polar surface area (TPSA) is 84.5 Å². The van der Waals surface area contributed by atoms with Crippen molar-refractivity contribution >= 4 is 23.5 Å². The summed E-state index contributed by atoms with van der Waals surface area (Å²) in [6, 6.07) is 5.98. The second-order valence-electron chi connectivity index (χ2n) is 7.91. The van der Waals surface area contributed by atoms with Crippen LogP contribution in [0.1, 0.15) is 76.1 Å². The van der Waals surface area contributed by atoms with Gasteiger partial charge in [0.05, 0.1) is 12.2 Å². The van der Waals surface area contributed by atoms with Crippen molar-refractivity contribution in [1.29, 1.82) is 0 Å². The van der Waals surface area contributed by atoms with Gasteiger partial charge in [-0.2, -0.15) is 0 Å². The molecule has 2 N–H and O–H groups in total. The number of hydrogen-bond acceptors (Lipinski definition) is 4.